The predicted molar refractivity (Wildman–Crippen MR) is 164 cm³/mol. The van der Waals surface area contributed by atoms with Crippen LogP contribution >= 0.6 is 23.2 Å². The van der Waals surface area contributed by atoms with Gasteiger partial charge in [0.1, 0.15) is 6.33 Å². The highest BCUT2D eigenvalue weighted by molar-refractivity contribution is 6.42. The zero-order valence-electron chi connectivity index (χ0n) is 22.8. The number of aromatic nitrogens is 3. The van der Waals surface area contributed by atoms with Crippen molar-refractivity contribution in [2.24, 2.45) is 0 Å². The fraction of sp³-hybridized carbons (Fsp3) is 0.250. The molecule has 4 aromatic rings. The van der Waals surface area contributed by atoms with Crippen LogP contribution < -0.4 is 10.2 Å². The monoisotopic (exact) mass is 602 g/mol. The van der Waals surface area contributed by atoms with Gasteiger partial charge in [-0.2, -0.15) is 4.39 Å². The van der Waals surface area contributed by atoms with E-state index in [0.717, 1.165) is 54.9 Å². The maximum absolute atomic E-state index is 13.6. The van der Waals surface area contributed by atoms with Crippen molar-refractivity contribution >= 4 is 41.0 Å². The first-order chi connectivity index (χ1) is 20.4. The molecular formula is C32H29Cl2FN6O. The number of anilines is 1. The Morgan fingerprint density at radius 3 is 2.57 bits per heavy atom. The van der Waals surface area contributed by atoms with Crippen LogP contribution in [-0.2, 0) is 12.0 Å². The Labute approximate surface area is 254 Å². The zero-order valence-corrected chi connectivity index (χ0v) is 24.3. The summed E-state index contributed by atoms with van der Waals surface area (Å²) in [7, 11) is 0. The number of halogens is 3. The highest BCUT2D eigenvalue weighted by Crippen LogP contribution is 2.48. The van der Waals surface area contributed by atoms with Crippen molar-refractivity contribution in [1.29, 1.82) is 0 Å². The SMILES string of the molecule is O=C(NCc1ccnc(F)c1)N1CC2(CCN(CC=Cc3ccc(Cl)c(Cl)c3)CC2)c2cc(-c3cncnc3)ccc21. The van der Waals surface area contributed by atoms with Gasteiger partial charge < -0.3 is 5.32 Å². The molecule has 0 atom stereocenters. The van der Waals surface area contributed by atoms with Gasteiger partial charge in [-0.15, -0.1) is 0 Å². The van der Waals surface area contributed by atoms with Crippen LogP contribution in [0.2, 0.25) is 10.0 Å². The molecule has 2 amide bonds. The minimum Gasteiger partial charge on any atom is -0.334 e. The molecule has 2 aliphatic rings. The molecule has 0 unspecified atom stereocenters. The predicted octanol–water partition coefficient (Wildman–Crippen LogP) is 6.76. The van der Waals surface area contributed by atoms with Gasteiger partial charge in [-0.3, -0.25) is 9.80 Å². The summed E-state index contributed by atoms with van der Waals surface area (Å²) in [5, 5.41) is 4.06. The van der Waals surface area contributed by atoms with Gasteiger partial charge in [0.05, 0.1) is 10.0 Å². The van der Waals surface area contributed by atoms with Crippen molar-refractivity contribution in [2.45, 2.75) is 24.8 Å². The van der Waals surface area contributed by atoms with Gasteiger partial charge in [-0.1, -0.05) is 47.5 Å². The smallest absolute Gasteiger partial charge is 0.322 e. The summed E-state index contributed by atoms with van der Waals surface area (Å²) < 4.78 is 13.6. The van der Waals surface area contributed by atoms with Crippen molar-refractivity contribution < 1.29 is 9.18 Å². The summed E-state index contributed by atoms with van der Waals surface area (Å²) in [6.45, 7) is 3.42. The largest absolute Gasteiger partial charge is 0.334 e. The van der Waals surface area contributed by atoms with Crippen LogP contribution in [0.25, 0.3) is 17.2 Å². The van der Waals surface area contributed by atoms with Gasteiger partial charge in [0, 0.05) is 54.9 Å². The molecule has 7 nitrogen and oxygen atoms in total. The topological polar surface area (TPSA) is 74.2 Å². The molecule has 1 N–H and O–H groups in total. The van der Waals surface area contributed by atoms with Crippen LogP contribution in [0, 0.1) is 5.95 Å². The lowest BCUT2D eigenvalue weighted by Crippen LogP contribution is -2.47. The second kappa shape index (κ2) is 12.2. The van der Waals surface area contributed by atoms with Crippen molar-refractivity contribution in [2.75, 3.05) is 31.1 Å². The Balaban J connectivity index is 1.20. The van der Waals surface area contributed by atoms with Crippen molar-refractivity contribution in [3.63, 3.8) is 0 Å². The van der Waals surface area contributed by atoms with E-state index >= 15 is 0 Å². The molecular weight excluding hydrogens is 574 g/mol. The minimum atomic E-state index is -0.566. The van der Waals surface area contributed by atoms with E-state index in [-0.39, 0.29) is 18.0 Å². The average molecular weight is 604 g/mol. The fourth-order valence-electron chi connectivity index (χ4n) is 5.85. The molecule has 4 heterocycles. The number of nitrogens with one attached hydrogen (secondary N) is 1. The normalized spacial score (nSPS) is 16.2. The van der Waals surface area contributed by atoms with E-state index in [2.05, 4.69) is 43.4 Å². The van der Waals surface area contributed by atoms with E-state index in [4.69, 9.17) is 23.2 Å². The van der Waals surface area contributed by atoms with Crippen molar-refractivity contribution in [1.82, 2.24) is 25.2 Å². The van der Waals surface area contributed by atoms with Gasteiger partial charge in [0.25, 0.3) is 0 Å². The first-order valence-corrected chi connectivity index (χ1v) is 14.6. The maximum Gasteiger partial charge on any atom is 0.322 e. The van der Waals surface area contributed by atoms with Gasteiger partial charge >= 0.3 is 6.03 Å². The second-order valence-electron chi connectivity index (χ2n) is 10.7. The highest BCUT2D eigenvalue weighted by Gasteiger charge is 2.46. The number of pyridine rings is 1. The van der Waals surface area contributed by atoms with Crippen molar-refractivity contribution in [3.8, 4) is 11.1 Å². The van der Waals surface area contributed by atoms with E-state index in [0.29, 0.717) is 22.2 Å². The number of rotatable bonds is 6. The number of likely N-dealkylation sites (tertiary alicyclic amines) is 1. The molecule has 6 rings (SSSR count). The average Bonchev–Trinajstić information content (AvgIpc) is 3.32. The molecule has 0 aliphatic carbocycles. The molecule has 2 aliphatic heterocycles. The number of benzene rings is 2. The van der Waals surface area contributed by atoms with Gasteiger partial charge in [0.2, 0.25) is 5.95 Å². The number of carbonyl (C=O) groups is 1. The lowest BCUT2D eigenvalue weighted by Gasteiger charge is -2.39. The molecule has 214 valence electrons. The molecule has 0 saturated carbocycles. The number of hydrogen-bond donors (Lipinski definition) is 1. The Morgan fingerprint density at radius 1 is 1.00 bits per heavy atom. The third-order valence-electron chi connectivity index (χ3n) is 8.12. The first kappa shape index (κ1) is 28.3. The number of urea groups is 1. The van der Waals surface area contributed by atoms with Gasteiger partial charge in [-0.05, 0) is 84.6 Å². The zero-order chi connectivity index (χ0) is 29.1. The number of piperidine rings is 1. The van der Waals surface area contributed by atoms with Gasteiger partial charge in [0.15, 0.2) is 0 Å². The molecule has 1 saturated heterocycles. The molecule has 10 heteroatoms. The van der Waals surface area contributed by atoms with E-state index in [1.807, 2.05) is 29.2 Å². The van der Waals surface area contributed by atoms with Crippen LogP contribution in [0.4, 0.5) is 14.9 Å². The quantitative estimate of drug-likeness (QED) is 0.247. The summed E-state index contributed by atoms with van der Waals surface area (Å²) in [6, 6.07) is 14.7. The summed E-state index contributed by atoms with van der Waals surface area (Å²) >= 11 is 12.2. The van der Waals surface area contributed by atoms with E-state index in [9.17, 15) is 9.18 Å². The third-order valence-corrected chi connectivity index (χ3v) is 8.86. The minimum absolute atomic E-state index is 0.176. The second-order valence-corrected chi connectivity index (χ2v) is 11.6. The van der Waals surface area contributed by atoms with Crippen molar-refractivity contribution in [3.05, 3.63) is 112 Å². The number of nitrogens with zero attached hydrogens (tertiary/aromatic N) is 5. The Kier molecular flexibility index (Phi) is 8.20. The Hall–Kier alpha value is -3.85. The summed E-state index contributed by atoms with van der Waals surface area (Å²) in [6.07, 6.45) is 12.6. The molecule has 1 spiro atoms. The number of carbonyl (C=O) groups excluding carboxylic acids is 1. The molecule has 1 fully saturated rings. The Bertz CT molecular complexity index is 1620. The third kappa shape index (κ3) is 6.02. The highest BCUT2D eigenvalue weighted by atomic mass is 35.5. The van der Waals surface area contributed by atoms with E-state index in [1.165, 1.54) is 24.2 Å². The summed E-state index contributed by atoms with van der Waals surface area (Å²) in [5.41, 5.74) is 5.52. The molecule has 0 bridgehead atoms. The van der Waals surface area contributed by atoms with Crippen LogP contribution in [0.15, 0.2) is 79.5 Å². The Morgan fingerprint density at radius 2 is 1.81 bits per heavy atom. The molecule has 2 aromatic carbocycles. The van der Waals surface area contributed by atoms with Crippen LogP contribution in [0.1, 0.15) is 29.5 Å². The van der Waals surface area contributed by atoms with Crippen LogP contribution in [-0.4, -0.2) is 52.1 Å². The maximum atomic E-state index is 13.6. The van der Waals surface area contributed by atoms with Crippen LogP contribution in [0.5, 0.6) is 0 Å². The molecule has 0 radical (unpaired) electrons. The molecule has 2 aromatic heterocycles. The van der Waals surface area contributed by atoms with Crippen LogP contribution in [0.3, 0.4) is 0 Å². The number of amides is 2. The molecule has 42 heavy (non-hydrogen) atoms. The number of fused-ring (bicyclic) bond motifs is 2. The van der Waals surface area contributed by atoms with E-state index in [1.54, 1.807) is 24.5 Å². The summed E-state index contributed by atoms with van der Waals surface area (Å²) in [4.78, 5) is 29.7. The standard InChI is InChI=1S/C32H29Cl2FN6O/c33-27-5-3-22(14-28(27)34)2-1-11-40-12-8-32(9-13-40)20-41(31(42)39-17-23-7-10-38-30(35)15-23)29-6-4-24(16-26(29)32)25-18-36-21-37-19-25/h1-7,10,14-16,18-19,21H,8-9,11-13,17,20H2,(H,39,42). The first-order valence-electron chi connectivity index (χ1n) is 13.8. The van der Waals surface area contributed by atoms with Gasteiger partial charge in [-0.25, -0.2) is 19.7 Å². The lowest BCUT2D eigenvalue weighted by atomic mass is 9.73. The van der Waals surface area contributed by atoms with E-state index < -0.39 is 5.95 Å². The lowest BCUT2D eigenvalue weighted by molar-refractivity contribution is 0.180. The fourth-order valence-corrected chi connectivity index (χ4v) is 6.16. The summed E-state index contributed by atoms with van der Waals surface area (Å²) in [5.74, 6) is -0.566. The number of hydrogen-bond acceptors (Lipinski definition) is 5.